The van der Waals surface area contributed by atoms with Crippen LogP contribution in [0.1, 0.15) is 50.7 Å². The topological polar surface area (TPSA) is 258 Å². The number of benzene rings is 2. The van der Waals surface area contributed by atoms with E-state index in [0.717, 1.165) is 36.4 Å². The van der Waals surface area contributed by atoms with Crippen LogP contribution in [-0.4, -0.2) is 62.0 Å². The monoisotopic (exact) mass is 599 g/mol. The van der Waals surface area contributed by atoms with Crippen molar-refractivity contribution < 1.29 is 55.9 Å². The van der Waals surface area contributed by atoms with Crippen molar-refractivity contribution in [1.82, 2.24) is 0 Å². The molecule has 2 aromatic rings. The van der Waals surface area contributed by atoms with Crippen molar-refractivity contribution in [1.29, 1.82) is 0 Å². The number of hydrogen-bond acceptors (Lipinski definition) is 8. The Morgan fingerprint density at radius 3 is 1.00 bits per heavy atom. The Bertz CT molecular complexity index is 1240. The molecule has 0 spiro atoms. The molecule has 0 saturated heterocycles. The number of nitrogens with zero attached hydrogens (tertiary/aromatic N) is 4. The van der Waals surface area contributed by atoms with Gasteiger partial charge in [0, 0.05) is 56.9 Å². The summed E-state index contributed by atoms with van der Waals surface area (Å²) in [5.74, 6) is -3.06. The van der Waals surface area contributed by atoms with Gasteiger partial charge in [0.1, 0.15) is 0 Å². The van der Waals surface area contributed by atoms with Gasteiger partial charge in [0.15, 0.2) is 0 Å². The Hall–Kier alpha value is -4.76. The summed E-state index contributed by atoms with van der Waals surface area (Å²) in [6.07, 6.45) is 0. The zero-order chi connectivity index (χ0) is 29.5. The van der Waals surface area contributed by atoms with Gasteiger partial charge in [0.2, 0.25) is 11.8 Å². The summed E-state index contributed by atoms with van der Waals surface area (Å²) in [5.41, 5.74) is -1.92. The third kappa shape index (κ3) is 8.65. The second kappa shape index (κ2) is 14.2. The minimum Gasteiger partial charge on any atom is -0.282 e. The van der Waals surface area contributed by atoms with Crippen molar-refractivity contribution in [2.45, 2.75) is 39.5 Å². The van der Waals surface area contributed by atoms with Crippen LogP contribution in [0.3, 0.4) is 0 Å². The first-order valence-electron chi connectivity index (χ1n) is 10.5. The van der Waals surface area contributed by atoms with Crippen LogP contribution in [0, 0.1) is 40.5 Å². The number of nitro groups is 4. The van der Waals surface area contributed by atoms with Gasteiger partial charge in [-0.1, -0.05) is 0 Å². The number of carbonyl (C=O) groups excluding carboxylic acids is 4. The molecule has 0 aliphatic rings. The predicted octanol–water partition coefficient (Wildman–Crippen LogP) is 3.43. The zero-order valence-corrected chi connectivity index (χ0v) is 21.7. The summed E-state index contributed by atoms with van der Waals surface area (Å²) in [6.45, 7) is 5.15. The first-order chi connectivity index (χ1) is 17.5. The van der Waals surface area contributed by atoms with Gasteiger partial charge in [0.25, 0.3) is 22.7 Å². The molecule has 39 heavy (non-hydrogen) atoms. The second-order valence-corrected chi connectivity index (χ2v) is 7.95. The molecule has 0 aliphatic carbocycles. The summed E-state index contributed by atoms with van der Waals surface area (Å²) in [5, 5.41) is 43.1. The van der Waals surface area contributed by atoms with Crippen LogP contribution in [0.2, 0.25) is 0 Å². The molecule has 2 rings (SSSR count). The third-order valence-electron chi connectivity index (χ3n) is 5.14. The molecule has 1 radical (unpaired) electrons. The minimum absolute atomic E-state index is 0. The third-order valence-corrected chi connectivity index (χ3v) is 5.14. The van der Waals surface area contributed by atoms with E-state index < -0.39 is 54.3 Å². The molecule has 4 N–H and O–H groups in total. The second-order valence-electron chi connectivity index (χ2n) is 7.95. The maximum atomic E-state index is 10.9. The van der Waals surface area contributed by atoms with Crippen molar-refractivity contribution in [3.8, 4) is 0 Å². The Morgan fingerprint density at radius 2 is 0.821 bits per heavy atom. The van der Waals surface area contributed by atoms with Gasteiger partial charge in [0.05, 0.1) is 43.0 Å². The van der Waals surface area contributed by atoms with Crippen molar-refractivity contribution in [3.63, 3.8) is 0 Å². The van der Waals surface area contributed by atoms with Gasteiger partial charge in [-0.25, -0.2) is 0 Å². The molecule has 0 aromatic heterocycles. The van der Waals surface area contributed by atoms with E-state index in [1.165, 1.54) is 27.7 Å². The molecular weight excluding hydrogens is 576 g/mol. The van der Waals surface area contributed by atoms with Crippen molar-refractivity contribution in [3.05, 3.63) is 88.0 Å². The average molecular weight is 600 g/mol. The fourth-order valence-electron chi connectivity index (χ4n) is 3.60. The molecule has 0 saturated carbocycles. The van der Waals surface area contributed by atoms with E-state index in [2.05, 4.69) is 0 Å². The van der Waals surface area contributed by atoms with E-state index >= 15 is 0 Å². The molecule has 0 aliphatic heterocycles. The number of rotatable bonds is 10. The maximum absolute atomic E-state index is 10.9. The smallest absolute Gasteiger partial charge is 0.282 e. The van der Waals surface area contributed by atoms with E-state index in [0.29, 0.717) is 0 Å². The van der Waals surface area contributed by atoms with E-state index in [1.54, 1.807) is 0 Å². The summed E-state index contributed by atoms with van der Waals surface area (Å²) < 4.78 is 0. The average Bonchev–Trinajstić information content (AvgIpc) is 2.78. The van der Waals surface area contributed by atoms with Gasteiger partial charge in [-0.3, -0.25) is 59.6 Å². The van der Waals surface area contributed by atoms with Gasteiger partial charge < -0.3 is 0 Å². The fourth-order valence-corrected chi connectivity index (χ4v) is 3.60. The largest absolute Gasteiger partial charge is 0.310 e. The van der Waals surface area contributed by atoms with Crippen molar-refractivity contribution in [2.24, 2.45) is 0 Å². The molecule has 0 atom stereocenters. The van der Waals surface area contributed by atoms with Crippen LogP contribution in [0.4, 0.5) is 22.7 Å². The molecule has 16 nitrogen and oxygen atoms in total. The Balaban J connectivity index is 0.000000722. The van der Waals surface area contributed by atoms with Crippen LogP contribution in [0.25, 0.3) is 0 Å². The Morgan fingerprint density at radius 1 is 0.564 bits per heavy atom. The van der Waals surface area contributed by atoms with Crippen LogP contribution in [0.15, 0.2) is 36.4 Å². The minimum atomic E-state index is -1.05. The number of hydrogen-bond donors (Lipinski definition) is 0. The molecule has 0 amide bonds. The SMILES string of the molecule is CC(=[OH+])C(C(C)=[OH+])c1ccc([N+](=O)[O-])cc1[N+](=O)[O-].CC(=[OH+])C(C(C)=[OH+])c1ccc([N+](=O)[O-])cc1[N+](=O)[O-].[Cu]. The molecule has 211 valence electrons. The van der Waals surface area contributed by atoms with Crippen LogP contribution < -0.4 is 0 Å². The van der Waals surface area contributed by atoms with E-state index in [-0.39, 0.29) is 51.3 Å². The standard InChI is InChI=1S/2C11H10N2O6.Cu/c2*1-6(14)11(7(2)15)9-4-3-8(12(16)17)5-10(9)13(18)19;/h2*3-5,11H,1-2H3;/p+4. The molecule has 0 unspecified atom stereocenters. The fraction of sp³-hybridized carbons (Fsp3) is 0.273. The van der Waals surface area contributed by atoms with Gasteiger partial charge >= 0.3 is 23.1 Å². The first kappa shape index (κ1) is 34.2. The quantitative estimate of drug-likeness (QED) is 0.128. The molecule has 0 bridgehead atoms. The predicted molar refractivity (Wildman–Crippen MR) is 135 cm³/mol. The Labute approximate surface area is 229 Å². The van der Waals surface area contributed by atoms with E-state index in [9.17, 15) is 59.6 Å². The number of nitro benzene ring substituents is 4. The Kier molecular flexibility index (Phi) is 12.5. The van der Waals surface area contributed by atoms with Crippen LogP contribution in [0.5, 0.6) is 0 Å². The van der Waals surface area contributed by atoms with E-state index in [4.69, 9.17) is 0 Å². The summed E-state index contributed by atoms with van der Waals surface area (Å²) >= 11 is 0. The summed E-state index contributed by atoms with van der Waals surface area (Å²) in [4.78, 5) is 78.0. The van der Waals surface area contributed by atoms with Crippen LogP contribution in [-0.2, 0) is 17.1 Å². The van der Waals surface area contributed by atoms with E-state index in [1.807, 2.05) is 0 Å². The molecular formula is C22H24CuN4O12+4. The summed E-state index contributed by atoms with van der Waals surface area (Å²) in [6, 6.07) is 6.07. The number of non-ortho nitro benzene ring substituents is 2. The summed E-state index contributed by atoms with van der Waals surface area (Å²) in [7, 11) is 0. The number of ketones is 4. The van der Waals surface area contributed by atoms with Gasteiger partial charge in [-0.15, -0.1) is 0 Å². The van der Waals surface area contributed by atoms with Gasteiger partial charge in [-0.2, -0.15) is 0 Å². The first-order valence-corrected chi connectivity index (χ1v) is 10.5. The normalized spacial score (nSPS) is 11.4. The van der Waals surface area contributed by atoms with Crippen molar-refractivity contribution >= 4 is 45.9 Å². The molecule has 0 fully saturated rings. The maximum Gasteiger partial charge on any atom is 0.310 e. The molecule has 2 aromatic carbocycles. The molecule has 0 heterocycles. The zero-order valence-electron chi connectivity index (χ0n) is 20.8. The molecule has 17 heteroatoms. The van der Waals surface area contributed by atoms with Gasteiger partial charge in [-0.05, 0) is 12.1 Å². The van der Waals surface area contributed by atoms with Crippen molar-refractivity contribution in [2.75, 3.05) is 0 Å². The van der Waals surface area contributed by atoms with Crippen LogP contribution >= 0.6 is 0 Å².